The van der Waals surface area contributed by atoms with E-state index in [0.717, 1.165) is 0 Å². The van der Waals surface area contributed by atoms with Crippen molar-refractivity contribution in [3.63, 3.8) is 0 Å². The van der Waals surface area contributed by atoms with Gasteiger partial charge in [-0.3, -0.25) is 14.9 Å². The second-order valence-electron chi connectivity index (χ2n) is 4.15. The Labute approximate surface area is 114 Å². The molecule has 0 aromatic heterocycles. The highest BCUT2D eigenvalue weighted by Crippen LogP contribution is 2.29. The molecule has 0 fully saturated rings. The number of halogens is 1. The van der Waals surface area contributed by atoms with Gasteiger partial charge in [-0.25, -0.2) is 4.39 Å². The Bertz CT molecular complexity index is 686. The Kier molecular flexibility index (Phi) is 3.74. The van der Waals surface area contributed by atoms with Crippen LogP contribution in [0.5, 0.6) is 0 Å². The van der Waals surface area contributed by atoms with Crippen LogP contribution in [0.3, 0.4) is 0 Å². The maximum absolute atomic E-state index is 13.5. The van der Waals surface area contributed by atoms with Crippen LogP contribution < -0.4 is 5.32 Å². The number of para-hydroxylation sites is 1. The third-order valence-corrected chi connectivity index (χ3v) is 2.74. The molecule has 0 atom stereocenters. The van der Waals surface area contributed by atoms with E-state index in [0.29, 0.717) is 0 Å². The summed E-state index contributed by atoms with van der Waals surface area (Å²) in [5, 5.41) is 13.7. The van der Waals surface area contributed by atoms with Gasteiger partial charge in [0.2, 0.25) is 0 Å². The lowest BCUT2D eigenvalue weighted by atomic mass is 10.1. The zero-order chi connectivity index (χ0) is 14.7. The maximum Gasteiger partial charge on any atom is 0.293 e. The van der Waals surface area contributed by atoms with Crippen molar-refractivity contribution < 1.29 is 14.1 Å². The minimum atomic E-state index is -0.615. The summed E-state index contributed by atoms with van der Waals surface area (Å²) in [5.74, 6) is -0.789. The van der Waals surface area contributed by atoms with Crippen molar-refractivity contribution in [1.29, 1.82) is 0 Å². The van der Waals surface area contributed by atoms with Crippen LogP contribution in [0.25, 0.3) is 0 Å². The van der Waals surface area contributed by atoms with E-state index in [2.05, 4.69) is 5.32 Å². The summed E-state index contributed by atoms with van der Waals surface area (Å²) in [6.07, 6.45) is 0. The van der Waals surface area contributed by atoms with E-state index in [1.165, 1.54) is 43.3 Å². The van der Waals surface area contributed by atoms with Crippen LogP contribution >= 0.6 is 0 Å². The molecule has 20 heavy (non-hydrogen) atoms. The fraction of sp³-hybridized carbons (Fsp3) is 0.0714. The summed E-state index contributed by atoms with van der Waals surface area (Å²) < 4.78 is 13.5. The molecule has 0 heterocycles. The molecule has 0 bridgehead atoms. The molecule has 6 heteroatoms. The first-order chi connectivity index (χ1) is 9.49. The van der Waals surface area contributed by atoms with E-state index < -0.39 is 10.7 Å². The fourth-order valence-corrected chi connectivity index (χ4v) is 1.72. The normalized spacial score (nSPS) is 10.1. The standard InChI is InChI=1S/C14H11FN2O3/c1-9(18)10-6-7-13(14(8-10)17(19)20)16-12-5-3-2-4-11(12)15/h2-8,16H,1H3. The van der Waals surface area contributed by atoms with Gasteiger partial charge in [-0.15, -0.1) is 0 Å². The minimum Gasteiger partial charge on any atom is -0.348 e. The number of carbonyl (C=O) groups is 1. The molecule has 2 aromatic carbocycles. The molecule has 102 valence electrons. The molecule has 0 aliphatic carbocycles. The van der Waals surface area contributed by atoms with Gasteiger partial charge in [0, 0.05) is 11.6 Å². The number of ketones is 1. The van der Waals surface area contributed by atoms with Crippen LogP contribution in [0.15, 0.2) is 42.5 Å². The number of rotatable bonds is 4. The molecule has 0 saturated carbocycles. The number of hydrogen-bond acceptors (Lipinski definition) is 4. The zero-order valence-corrected chi connectivity index (χ0v) is 10.6. The summed E-state index contributed by atoms with van der Waals surface area (Å²) in [5.41, 5.74) is 0.216. The van der Waals surface area contributed by atoms with E-state index in [9.17, 15) is 19.3 Å². The van der Waals surface area contributed by atoms with Gasteiger partial charge in [0.25, 0.3) is 5.69 Å². The molecule has 2 aromatic rings. The lowest BCUT2D eigenvalue weighted by molar-refractivity contribution is -0.383. The van der Waals surface area contributed by atoms with E-state index >= 15 is 0 Å². The first kappa shape index (κ1) is 13.7. The topological polar surface area (TPSA) is 72.2 Å². The summed E-state index contributed by atoms with van der Waals surface area (Å²) >= 11 is 0. The van der Waals surface area contributed by atoms with Crippen LogP contribution in [0.2, 0.25) is 0 Å². The molecule has 0 radical (unpaired) electrons. The number of nitrogens with zero attached hydrogens (tertiary/aromatic N) is 1. The van der Waals surface area contributed by atoms with Gasteiger partial charge in [0.1, 0.15) is 11.5 Å². The smallest absolute Gasteiger partial charge is 0.293 e. The number of benzene rings is 2. The molecule has 0 amide bonds. The zero-order valence-electron chi connectivity index (χ0n) is 10.6. The molecule has 0 aliphatic rings. The Morgan fingerprint density at radius 2 is 1.90 bits per heavy atom. The van der Waals surface area contributed by atoms with E-state index in [1.807, 2.05) is 0 Å². The number of nitro benzene ring substituents is 1. The third kappa shape index (κ3) is 2.80. The van der Waals surface area contributed by atoms with Gasteiger partial charge in [0.05, 0.1) is 10.6 Å². The highest BCUT2D eigenvalue weighted by molar-refractivity contribution is 5.95. The minimum absolute atomic E-state index is 0.130. The number of nitrogens with one attached hydrogen (secondary N) is 1. The highest BCUT2D eigenvalue weighted by atomic mass is 19.1. The largest absolute Gasteiger partial charge is 0.348 e. The molecule has 1 N–H and O–H groups in total. The predicted molar refractivity (Wildman–Crippen MR) is 72.8 cm³/mol. The van der Waals surface area contributed by atoms with Gasteiger partial charge in [-0.2, -0.15) is 0 Å². The number of anilines is 2. The van der Waals surface area contributed by atoms with Crippen LogP contribution in [-0.2, 0) is 0 Å². The summed E-state index contributed by atoms with van der Waals surface area (Å²) in [4.78, 5) is 21.7. The average molecular weight is 274 g/mol. The number of Topliss-reactive ketones (excluding diaryl/α,β-unsaturated/α-hetero) is 1. The molecule has 2 rings (SSSR count). The number of hydrogen-bond donors (Lipinski definition) is 1. The van der Waals surface area contributed by atoms with Crippen LogP contribution in [0.1, 0.15) is 17.3 Å². The molecule has 0 aliphatic heterocycles. The Balaban J connectivity index is 2.44. The number of nitro groups is 1. The maximum atomic E-state index is 13.5. The van der Waals surface area contributed by atoms with Crippen molar-refractivity contribution in [2.24, 2.45) is 0 Å². The second kappa shape index (κ2) is 5.48. The molecule has 0 saturated heterocycles. The molecular formula is C14H11FN2O3. The molecule has 0 spiro atoms. The van der Waals surface area contributed by atoms with E-state index in [-0.39, 0.29) is 28.4 Å². The lowest BCUT2D eigenvalue weighted by Crippen LogP contribution is -2.01. The van der Waals surface area contributed by atoms with Gasteiger partial charge in [-0.05, 0) is 31.2 Å². The van der Waals surface area contributed by atoms with Gasteiger partial charge in [0.15, 0.2) is 5.78 Å². The van der Waals surface area contributed by atoms with Crippen LogP contribution in [0.4, 0.5) is 21.5 Å². The number of carbonyl (C=O) groups excluding carboxylic acids is 1. The summed E-state index contributed by atoms with van der Waals surface area (Å²) in [7, 11) is 0. The quantitative estimate of drug-likeness (QED) is 0.524. The van der Waals surface area contributed by atoms with Crippen molar-refractivity contribution in [2.75, 3.05) is 5.32 Å². The monoisotopic (exact) mass is 274 g/mol. The SMILES string of the molecule is CC(=O)c1ccc(Nc2ccccc2F)c([N+](=O)[O-])c1. The Morgan fingerprint density at radius 3 is 2.50 bits per heavy atom. The first-order valence-corrected chi connectivity index (χ1v) is 5.80. The van der Waals surface area contributed by atoms with Crippen LogP contribution in [-0.4, -0.2) is 10.7 Å². The summed E-state index contributed by atoms with van der Waals surface area (Å²) in [6, 6.07) is 9.87. The fourth-order valence-electron chi connectivity index (χ4n) is 1.72. The third-order valence-electron chi connectivity index (χ3n) is 2.74. The van der Waals surface area contributed by atoms with Gasteiger partial charge in [-0.1, -0.05) is 12.1 Å². The Hall–Kier alpha value is -2.76. The summed E-state index contributed by atoms with van der Waals surface area (Å²) in [6.45, 7) is 1.32. The Morgan fingerprint density at radius 1 is 1.20 bits per heavy atom. The van der Waals surface area contributed by atoms with Crippen LogP contribution in [0, 0.1) is 15.9 Å². The van der Waals surface area contributed by atoms with Crippen molar-refractivity contribution in [1.82, 2.24) is 0 Å². The average Bonchev–Trinajstić information content (AvgIpc) is 2.41. The highest BCUT2D eigenvalue weighted by Gasteiger charge is 2.17. The van der Waals surface area contributed by atoms with Crippen molar-refractivity contribution in [3.05, 3.63) is 64.0 Å². The van der Waals surface area contributed by atoms with Gasteiger partial charge < -0.3 is 5.32 Å². The van der Waals surface area contributed by atoms with E-state index in [4.69, 9.17) is 0 Å². The van der Waals surface area contributed by atoms with Crippen molar-refractivity contribution >= 4 is 22.8 Å². The van der Waals surface area contributed by atoms with E-state index in [1.54, 1.807) is 6.07 Å². The molecule has 0 unspecified atom stereocenters. The van der Waals surface area contributed by atoms with Gasteiger partial charge >= 0.3 is 0 Å². The lowest BCUT2D eigenvalue weighted by Gasteiger charge is -2.08. The predicted octanol–water partition coefficient (Wildman–Crippen LogP) is 3.68. The van der Waals surface area contributed by atoms with Crippen molar-refractivity contribution in [2.45, 2.75) is 6.92 Å². The first-order valence-electron chi connectivity index (χ1n) is 5.80. The molecule has 5 nitrogen and oxygen atoms in total. The van der Waals surface area contributed by atoms with Crippen molar-refractivity contribution in [3.8, 4) is 0 Å². The second-order valence-corrected chi connectivity index (χ2v) is 4.15. The molecular weight excluding hydrogens is 263 g/mol.